The Kier molecular flexibility index (Phi) is 5.71. The molecule has 1 aromatic carbocycles. The van der Waals surface area contributed by atoms with Crippen LogP contribution in [0.15, 0.2) is 35.4 Å². The van der Waals surface area contributed by atoms with Crippen LogP contribution in [0.3, 0.4) is 0 Å². The van der Waals surface area contributed by atoms with Gasteiger partial charge in [0, 0.05) is 37.1 Å². The largest absolute Gasteiger partial charge is 0.366 e. The SMILES string of the molecule is Cc1sc2c(=O)n(C3CCCCC3)cnc2c1C(=O)N1CCN(c2ccccc2F)CC1. The Labute approximate surface area is 190 Å². The molecule has 0 N–H and O–H groups in total. The number of hydrogen-bond acceptors (Lipinski definition) is 5. The maximum atomic E-state index is 14.1. The summed E-state index contributed by atoms with van der Waals surface area (Å²) in [6, 6.07) is 6.94. The quantitative estimate of drug-likeness (QED) is 0.590. The molecule has 1 saturated carbocycles. The Bertz CT molecular complexity index is 1210. The van der Waals surface area contributed by atoms with Crippen molar-refractivity contribution in [3.63, 3.8) is 0 Å². The van der Waals surface area contributed by atoms with E-state index >= 15 is 0 Å². The fraction of sp³-hybridized carbons (Fsp3) is 0.458. The lowest BCUT2D eigenvalue weighted by atomic mass is 9.95. The molecular weight excluding hydrogens is 427 g/mol. The third-order valence-corrected chi connectivity index (χ3v) is 7.82. The minimum absolute atomic E-state index is 0.0292. The van der Waals surface area contributed by atoms with Crippen LogP contribution in [0.1, 0.15) is 53.4 Å². The van der Waals surface area contributed by atoms with Crippen LogP contribution in [0.25, 0.3) is 10.2 Å². The van der Waals surface area contributed by atoms with E-state index in [2.05, 4.69) is 4.98 Å². The van der Waals surface area contributed by atoms with E-state index in [9.17, 15) is 14.0 Å². The second kappa shape index (κ2) is 8.65. The van der Waals surface area contributed by atoms with Crippen LogP contribution in [0, 0.1) is 12.7 Å². The molecule has 0 radical (unpaired) electrons. The summed E-state index contributed by atoms with van der Waals surface area (Å²) in [5.74, 6) is -0.338. The maximum absolute atomic E-state index is 14.1. The van der Waals surface area contributed by atoms with Gasteiger partial charge >= 0.3 is 0 Å². The molecule has 32 heavy (non-hydrogen) atoms. The molecule has 8 heteroatoms. The van der Waals surface area contributed by atoms with Crippen LogP contribution in [0.5, 0.6) is 0 Å². The molecule has 2 aliphatic rings. The van der Waals surface area contributed by atoms with Crippen molar-refractivity contribution in [1.29, 1.82) is 0 Å². The zero-order chi connectivity index (χ0) is 22.2. The van der Waals surface area contributed by atoms with Crippen molar-refractivity contribution in [1.82, 2.24) is 14.5 Å². The van der Waals surface area contributed by atoms with Gasteiger partial charge in [-0.2, -0.15) is 0 Å². The third-order valence-electron chi connectivity index (χ3n) is 6.74. The molecule has 3 aromatic rings. The van der Waals surface area contributed by atoms with E-state index in [1.165, 1.54) is 23.8 Å². The number of carbonyl (C=O) groups excluding carboxylic acids is 1. The standard InChI is InChI=1S/C24H27FN4O2S/c1-16-20(21-22(32-16)24(31)29(15-26-21)17-7-3-2-4-8-17)23(30)28-13-11-27(12-14-28)19-10-6-5-9-18(19)25/h5-6,9-10,15,17H,2-4,7-8,11-14H2,1H3. The van der Waals surface area contributed by atoms with Gasteiger partial charge in [0.25, 0.3) is 11.5 Å². The first-order valence-corrected chi connectivity index (χ1v) is 12.1. The van der Waals surface area contributed by atoms with Crippen molar-refractivity contribution in [3.05, 3.63) is 57.2 Å². The van der Waals surface area contributed by atoms with Gasteiger partial charge in [-0.1, -0.05) is 31.4 Å². The van der Waals surface area contributed by atoms with Gasteiger partial charge in [0.1, 0.15) is 16.0 Å². The lowest BCUT2D eigenvalue weighted by Crippen LogP contribution is -2.49. The second-order valence-corrected chi connectivity index (χ2v) is 9.92. The number of nitrogens with zero attached hydrogens (tertiary/aromatic N) is 4. The van der Waals surface area contributed by atoms with Gasteiger partial charge in [0.05, 0.1) is 17.6 Å². The van der Waals surface area contributed by atoms with Gasteiger partial charge in [0.15, 0.2) is 0 Å². The number of hydrogen-bond donors (Lipinski definition) is 0. The second-order valence-electron chi connectivity index (χ2n) is 8.69. The van der Waals surface area contributed by atoms with Gasteiger partial charge in [-0.25, -0.2) is 9.37 Å². The van der Waals surface area contributed by atoms with Crippen LogP contribution in [0.4, 0.5) is 10.1 Å². The summed E-state index contributed by atoms with van der Waals surface area (Å²) in [6.07, 6.45) is 7.16. The first-order chi connectivity index (χ1) is 15.5. The number of halogens is 1. The van der Waals surface area contributed by atoms with Crippen LogP contribution in [-0.2, 0) is 0 Å². The summed E-state index contributed by atoms with van der Waals surface area (Å²) in [4.78, 5) is 35.8. The molecule has 3 heterocycles. The fourth-order valence-corrected chi connectivity index (χ4v) is 6.01. The summed E-state index contributed by atoms with van der Waals surface area (Å²) in [5.41, 5.74) is 1.60. The highest BCUT2D eigenvalue weighted by Crippen LogP contribution is 2.31. The molecule has 2 fully saturated rings. The van der Waals surface area contributed by atoms with Gasteiger partial charge in [-0.15, -0.1) is 11.3 Å². The number of carbonyl (C=O) groups is 1. The first-order valence-electron chi connectivity index (χ1n) is 11.3. The summed E-state index contributed by atoms with van der Waals surface area (Å²) < 4.78 is 16.5. The third kappa shape index (κ3) is 3.70. The Balaban J connectivity index is 1.38. The zero-order valence-electron chi connectivity index (χ0n) is 18.2. The predicted molar refractivity (Wildman–Crippen MR) is 125 cm³/mol. The highest BCUT2D eigenvalue weighted by Gasteiger charge is 2.29. The average Bonchev–Trinajstić information content (AvgIpc) is 3.17. The van der Waals surface area contributed by atoms with Gasteiger partial charge in [-0.3, -0.25) is 14.2 Å². The minimum atomic E-state index is -0.245. The van der Waals surface area contributed by atoms with E-state index in [0.29, 0.717) is 47.6 Å². The molecule has 6 nitrogen and oxygen atoms in total. The summed E-state index contributed by atoms with van der Waals surface area (Å²) in [6.45, 7) is 4.02. The van der Waals surface area contributed by atoms with Crippen molar-refractivity contribution in [2.45, 2.75) is 45.1 Å². The fourth-order valence-electron chi connectivity index (χ4n) is 4.98. The monoisotopic (exact) mass is 454 g/mol. The van der Waals surface area contributed by atoms with E-state index in [1.807, 2.05) is 17.9 Å². The van der Waals surface area contributed by atoms with E-state index in [4.69, 9.17) is 0 Å². The topological polar surface area (TPSA) is 58.4 Å². The first kappa shape index (κ1) is 21.1. The van der Waals surface area contributed by atoms with Gasteiger partial charge < -0.3 is 9.80 Å². The Morgan fingerprint density at radius 1 is 1.09 bits per heavy atom. The van der Waals surface area contributed by atoms with Gasteiger partial charge in [-0.05, 0) is 31.9 Å². The number of piperazine rings is 1. The van der Waals surface area contributed by atoms with Crippen LogP contribution in [-0.4, -0.2) is 46.5 Å². The predicted octanol–water partition coefficient (Wildman–Crippen LogP) is 4.37. The molecule has 0 unspecified atom stereocenters. The summed E-state index contributed by atoms with van der Waals surface area (Å²) >= 11 is 1.37. The number of fused-ring (bicyclic) bond motifs is 1. The van der Waals surface area contributed by atoms with Crippen LogP contribution >= 0.6 is 11.3 Å². The highest BCUT2D eigenvalue weighted by atomic mass is 32.1. The number of thiophene rings is 1. The highest BCUT2D eigenvalue weighted by molar-refractivity contribution is 7.19. The molecule has 2 aromatic heterocycles. The Hall–Kier alpha value is -2.74. The van der Waals surface area contributed by atoms with Crippen molar-refractivity contribution in [2.75, 3.05) is 31.1 Å². The Morgan fingerprint density at radius 3 is 2.53 bits per heavy atom. The van der Waals surface area contributed by atoms with Crippen molar-refractivity contribution in [2.24, 2.45) is 0 Å². The zero-order valence-corrected chi connectivity index (χ0v) is 19.0. The van der Waals surface area contributed by atoms with E-state index in [-0.39, 0.29) is 23.3 Å². The van der Waals surface area contributed by atoms with E-state index < -0.39 is 0 Å². The molecular formula is C24H27FN4O2S. The number of aryl methyl sites for hydroxylation is 1. The van der Waals surface area contributed by atoms with Crippen molar-refractivity contribution in [3.8, 4) is 0 Å². The molecule has 168 valence electrons. The maximum Gasteiger partial charge on any atom is 0.271 e. The lowest BCUT2D eigenvalue weighted by molar-refractivity contribution is 0.0748. The van der Waals surface area contributed by atoms with Crippen molar-refractivity contribution >= 4 is 33.1 Å². The molecule has 0 spiro atoms. The molecule has 1 aliphatic carbocycles. The minimum Gasteiger partial charge on any atom is -0.366 e. The molecule has 0 atom stereocenters. The average molecular weight is 455 g/mol. The number of aromatic nitrogens is 2. The molecule has 1 aliphatic heterocycles. The number of amides is 1. The van der Waals surface area contributed by atoms with Crippen LogP contribution in [0.2, 0.25) is 0 Å². The molecule has 1 amide bonds. The van der Waals surface area contributed by atoms with E-state index in [1.54, 1.807) is 27.9 Å². The number of benzene rings is 1. The summed E-state index contributed by atoms with van der Waals surface area (Å²) in [7, 11) is 0. The molecule has 1 saturated heterocycles. The number of anilines is 1. The lowest BCUT2D eigenvalue weighted by Gasteiger charge is -2.36. The Morgan fingerprint density at radius 2 is 1.81 bits per heavy atom. The summed E-state index contributed by atoms with van der Waals surface area (Å²) in [5, 5.41) is 0. The molecule has 0 bridgehead atoms. The van der Waals surface area contributed by atoms with Gasteiger partial charge in [0.2, 0.25) is 0 Å². The van der Waals surface area contributed by atoms with Crippen molar-refractivity contribution < 1.29 is 9.18 Å². The number of rotatable bonds is 3. The van der Waals surface area contributed by atoms with Crippen LogP contribution < -0.4 is 10.5 Å². The number of para-hydroxylation sites is 1. The molecule has 5 rings (SSSR count). The normalized spacial score (nSPS) is 17.8. The smallest absolute Gasteiger partial charge is 0.271 e. The van der Waals surface area contributed by atoms with E-state index in [0.717, 1.165) is 30.6 Å².